The second-order valence-corrected chi connectivity index (χ2v) is 9.84. The van der Waals surface area contributed by atoms with Gasteiger partial charge in [-0.1, -0.05) is 0 Å². The van der Waals surface area contributed by atoms with Crippen LogP contribution in [0.4, 0.5) is 0 Å². The summed E-state index contributed by atoms with van der Waals surface area (Å²) in [7, 11) is 1.61. The lowest BCUT2D eigenvalue weighted by molar-refractivity contribution is -0.157. The zero-order chi connectivity index (χ0) is 21.8. The number of benzene rings is 1. The fraction of sp³-hybridized carbons (Fsp3) is 0.667. The minimum Gasteiger partial charge on any atom is -0.497 e. The normalized spacial score (nSPS) is 32.6. The van der Waals surface area contributed by atoms with Gasteiger partial charge < -0.3 is 19.7 Å². The fourth-order valence-corrected chi connectivity index (χ4v) is 6.11. The first-order valence-corrected chi connectivity index (χ1v) is 11.6. The van der Waals surface area contributed by atoms with Crippen LogP contribution in [-0.4, -0.2) is 66.7 Å². The highest BCUT2D eigenvalue weighted by Gasteiger charge is 2.57. The molecule has 1 N–H and O–H groups in total. The molecule has 4 fully saturated rings. The SMILES string of the molecule is COc1ccc2c(c1)OC1(CC3CCC1CC3C(=O)N1CCN(C(C)C)CC1)NC2=O. The number of fused-ring (bicyclic) bond motifs is 3. The number of rotatable bonds is 3. The molecule has 7 heteroatoms. The van der Waals surface area contributed by atoms with Crippen LogP contribution in [0.5, 0.6) is 11.5 Å². The van der Waals surface area contributed by atoms with Crippen molar-refractivity contribution in [2.45, 2.75) is 51.3 Å². The van der Waals surface area contributed by atoms with Gasteiger partial charge >= 0.3 is 0 Å². The summed E-state index contributed by atoms with van der Waals surface area (Å²) in [4.78, 5) is 30.8. The highest BCUT2D eigenvalue weighted by molar-refractivity contribution is 5.98. The van der Waals surface area contributed by atoms with Gasteiger partial charge in [-0.15, -0.1) is 0 Å². The van der Waals surface area contributed by atoms with Gasteiger partial charge in [0.2, 0.25) is 5.91 Å². The molecule has 0 radical (unpaired) electrons. The molecule has 1 spiro atoms. The maximum atomic E-state index is 13.4. The van der Waals surface area contributed by atoms with Crippen molar-refractivity contribution in [3.05, 3.63) is 23.8 Å². The molecule has 31 heavy (non-hydrogen) atoms. The zero-order valence-electron chi connectivity index (χ0n) is 18.7. The Kier molecular flexibility index (Phi) is 5.12. The Hall–Kier alpha value is -2.28. The summed E-state index contributed by atoms with van der Waals surface area (Å²) in [5.41, 5.74) is -0.157. The van der Waals surface area contributed by atoms with Gasteiger partial charge in [-0.25, -0.2) is 0 Å². The first-order chi connectivity index (χ1) is 14.9. The molecule has 2 amide bonds. The number of piperazine rings is 1. The van der Waals surface area contributed by atoms with Crippen molar-refractivity contribution in [1.82, 2.24) is 15.1 Å². The molecule has 3 aliphatic carbocycles. The molecule has 2 bridgehead atoms. The third kappa shape index (κ3) is 3.47. The van der Waals surface area contributed by atoms with Crippen LogP contribution < -0.4 is 14.8 Å². The van der Waals surface area contributed by atoms with Crippen LogP contribution in [0.15, 0.2) is 18.2 Å². The molecule has 1 saturated heterocycles. The number of nitrogens with zero attached hydrogens (tertiary/aromatic N) is 2. The molecular weight excluding hydrogens is 394 g/mol. The van der Waals surface area contributed by atoms with Crippen LogP contribution >= 0.6 is 0 Å². The van der Waals surface area contributed by atoms with Crippen molar-refractivity contribution < 1.29 is 19.1 Å². The topological polar surface area (TPSA) is 71.1 Å². The van der Waals surface area contributed by atoms with Gasteiger partial charge in [-0.3, -0.25) is 14.5 Å². The Bertz CT molecular complexity index is 880. The van der Waals surface area contributed by atoms with E-state index in [9.17, 15) is 9.59 Å². The van der Waals surface area contributed by atoms with Crippen molar-refractivity contribution >= 4 is 11.8 Å². The Morgan fingerprint density at radius 2 is 2.00 bits per heavy atom. The number of hydrogen-bond donors (Lipinski definition) is 1. The second kappa shape index (κ2) is 7.69. The number of methoxy groups -OCH3 is 1. The van der Waals surface area contributed by atoms with Crippen molar-refractivity contribution in [1.29, 1.82) is 0 Å². The molecule has 4 atom stereocenters. The third-order valence-corrected chi connectivity index (χ3v) is 7.94. The van der Waals surface area contributed by atoms with Gasteiger partial charge in [0.25, 0.3) is 5.91 Å². The Morgan fingerprint density at radius 1 is 1.23 bits per heavy atom. The minimum atomic E-state index is -0.702. The van der Waals surface area contributed by atoms with Crippen molar-refractivity contribution in [3.63, 3.8) is 0 Å². The summed E-state index contributed by atoms with van der Waals surface area (Å²) in [6.45, 7) is 7.96. The van der Waals surface area contributed by atoms with E-state index in [1.807, 2.05) is 0 Å². The summed E-state index contributed by atoms with van der Waals surface area (Å²) in [6.07, 6.45) is 3.49. The van der Waals surface area contributed by atoms with Gasteiger partial charge in [-0.05, 0) is 51.2 Å². The van der Waals surface area contributed by atoms with E-state index in [0.717, 1.165) is 45.4 Å². The summed E-state index contributed by atoms with van der Waals surface area (Å²) < 4.78 is 11.8. The molecule has 7 nitrogen and oxygen atoms in total. The first kappa shape index (κ1) is 20.6. The monoisotopic (exact) mass is 427 g/mol. The molecule has 1 aromatic carbocycles. The molecule has 2 heterocycles. The van der Waals surface area contributed by atoms with Gasteiger partial charge in [-0.2, -0.15) is 0 Å². The summed E-state index contributed by atoms with van der Waals surface area (Å²) in [6, 6.07) is 5.85. The van der Waals surface area contributed by atoms with Gasteiger partial charge in [0.05, 0.1) is 12.7 Å². The fourth-order valence-electron chi connectivity index (χ4n) is 6.11. The van der Waals surface area contributed by atoms with Gasteiger partial charge in [0.1, 0.15) is 11.5 Å². The average molecular weight is 428 g/mol. The van der Waals surface area contributed by atoms with Crippen LogP contribution in [0.1, 0.15) is 49.9 Å². The highest BCUT2D eigenvalue weighted by Crippen LogP contribution is 2.53. The third-order valence-electron chi connectivity index (χ3n) is 7.94. The largest absolute Gasteiger partial charge is 0.497 e. The smallest absolute Gasteiger partial charge is 0.258 e. The summed E-state index contributed by atoms with van der Waals surface area (Å²) in [5.74, 6) is 1.91. The van der Waals surface area contributed by atoms with E-state index in [2.05, 4.69) is 29.0 Å². The molecule has 168 valence electrons. The molecule has 5 aliphatic rings. The predicted molar refractivity (Wildman–Crippen MR) is 116 cm³/mol. The standard InChI is InChI=1S/C24H33N3O4/c1-15(2)26-8-10-27(11-9-26)23(29)20-12-17-5-4-16(20)14-24(17)25-22(28)19-7-6-18(30-3)13-21(19)31-24/h6-7,13,15-17,20H,4-5,8-12,14H2,1-3H3,(H,25,28). The van der Waals surface area contributed by atoms with Crippen LogP contribution in [0, 0.1) is 17.8 Å². The van der Waals surface area contributed by atoms with E-state index in [-0.39, 0.29) is 23.7 Å². The molecule has 0 aromatic heterocycles. The van der Waals surface area contributed by atoms with E-state index in [1.165, 1.54) is 0 Å². The highest BCUT2D eigenvalue weighted by atomic mass is 16.5. The van der Waals surface area contributed by atoms with Crippen molar-refractivity contribution in [2.75, 3.05) is 33.3 Å². The molecule has 2 aliphatic heterocycles. The first-order valence-electron chi connectivity index (χ1n) is 11.6. The van der Waals surface area contributed by atoms with E-state index in [0.29, 0.717) is 35.4 Å². The van der Waals surface area contributed by atoms with Gasteiger partial charge in [0, 0.05) is 56.5 Å². The average Bonchev–Trinajstić information content (AvgIpc) is 2.78. The number of nitrogens with one attached hydrogen (secondary N) is 1. The van der Waals surface area contributed by atoms with Gasteiger partial charge in [0.15, 0.2) is 5.72 Å². The Balaban J connectivity index is 1.31. The van der Waals surface area contributed by atoms with Crippen LogP contribution in [0.3, 0.4) is 0 Å². The number of ether oxygens (including phenoxy) is 2. The maximum absolute atomic E-state index is 13.4. The molecule has 6 rings (SSSR count). The number of hydrogen-bond acceptors (Lipinski definition) is 5. The van der Waals surface area contributed by atoms with Crippen molar-refractivity contribution in [3.8, 4) is 11.5 Å². The predicted octanol–water partition coefficient (Wildman–Crippen LogP) is 2.50. The van der Waals surface area contributed by atoms with Crippen LogP contribution in [-0.2, 0) is 4.79 Å². The number of carbonyl (C=O) groups excluding carboxylic acids is 2. The van der Waals surface area contributed by atoms with Crippen LogP contribution in [0.2, 0.25) is 0 Å². The Labute approximate surface area is 184 Å². The van der Waals surface area contributed by atoms with E-state index >= 15 is 0 Å². The second-order valence-electron chi connectivity index (χ2n) is 9.84. The molecule has 3 saturated carbocycles. The molecular formula is C24H33N3O4. The minimum absolute atomic E-state index is 0.0437. The van der Waals surface area contributed by atoms with Crippen LogP contribution in [0.25, 0.3) is 0 Å². The summed E-state index contributed by atoms with van der Waals surface area (Å²) >= 11 is 0. The van der Waals surface area contributed by atoms with E-state index in [4.69, 9.17) is 9.47 Å². The molecule has 4 unspecified atom stereocenters. The molecule has 1 aromatic rings. The van der Waals surface area contributed by atoms with Crippen molar-refractivity contribution in [2.24, 2.45) is 17.8 Å². The lowest BCUT2D eigenvalue weighted by Crippen LogP contribution is -2.67. The maximum Gasteiger partial charge on any atom is 0.258 e. The lowest BCUT2D eigenvalue weighted by atomic mass is 9.59. The van der Waals surface area contributed by atoms with E-state index in [1.54, 1.807) is 25.3 Å². The zero-order valence-corrected chi connectivity index (χ0v) is 18.7. The summed E-state index contributed by atoms with van der Waals surface area (Å²) in [5, 5.41) is 3.18. The lowest BCUT2D eigenvalue weighted by Gasteiger charge is -2.55. The quantitative estimate of drug-likeness (QED) is 0.803. The Morgan fingerprint density at radius 3 is 2.65 bits per heavy atom. The number of carbonyl (C=O) groups is 2. The van der Waals surface area contributed by atoms with E-state index < -0.39 is 5.72 Å². The number of amides is 2.